The van der Waals surface area contributed by atoms with Gasteiger partial charge in [-0.15, -0.1) is 0 Å². The number of hydrogen-bond donors (Lipinski definition) is 3. The van der Waals surface area contributed by atoms with E-state index in [4.69, 9.17) is 5.84 Å². The molecule has 0 aliphatic heterocycles. The van der Waals surface area contributed by atoms with Crippen LogP contribution < -0.4 is 16.6 Å². The Bertz CT molecular complexity index is 471. The quantitative estimate of drug-likeness (QED) is 0.502. The van der Waals surface area contributed by atoms with Crippen molar-refractivity contribution >= 4 is 11.6 Å². The van der Waals surface area contributed by atoms with E-state index < -0.39 is 0 Å². The first-order chi connectivity index (χ1) is 10.1. The van der Waals surface area contributed by atoms with Gasteiger partial charge in [-0.05, 0) is 40.2 Å². The van der Waals surface area contributed by atoms with Gasteiger partial charge in [-0.3, -0.25) is 4.90 Å². The summed E-state index contributed by atoms with van der Waals surface area (Å²) in [6.45, 7) is 7.23. The summed E-state index contributed by atoms with van der Waals surface area (Å²) in [4.78, 5) is 11.5. The second-order valence-electron chi connectivity index (χ2n) is 5.98. The van der Waals surface area contributed by atoms with Crippen molar-refractivity contribution in [1.29, 1.82) is 0 Å². The van der Waals surface area contributed by atoms with Crippen molar-refractivity contribution in [2.75, 3.05) is 24.3 Å². The zero-order chi connectivity index (χ0) is 15.4. The van der Waals surface area contributed by atoms with Gasteiger partial charge in [0, 0.05) is 30.6 Å². The lowest BCUT2D eigenvalue weighted by Crippen LogP contribution is -2.36. The highest BCUT2D eigenvalue weighted by Crippen LogP contribution is 2.27. The Hall–Kier alpha value is -1.40. The Morgan fingerprint density at radius 3 is 2.57 bits per heavy atom. The first kappa shape index (κ1) is 16.0. The van der Waals surface area contributed by atoms with Gasteiger partial charge in [-0.25, -0.2) is 15.8 Å². The number of hydrazine groups is 1. The molecule has 1 heterocycles. The summed E-state index contributed by atoms with van der Waals surface area (Å²) in [6, 6.07) is 1.25. The molecule has 1 aliphatic rings. The Kier molecular flexibility index (Phi) is 5.36. The molecule has 1 unspecified atom stereocenters. The maximum atomic E-state index is 5.56. The first-order valence-corrected chi connectivity index (χ1v) is 7.86. The molecule has 0 aromatic carbocycles. The normalized spacial score (nSPS) is 16.1. The number of likely N-dealkylation sites (N-methyl/N-ethyl adjacent to an activating group) is 1. The van der Waals surface area contributed by atoms with E-state index in [-0.39, 0.29) is 0 Å². The average molecular weight is 292 g/mol. The van der Waals surface area contributed by atoms with Gasteiger partial charge in [0.25, 0.3) is 0 Å². The molecule has 0 spiro atoms. The fourth-order valence-corrected chi connectivity index (χ4v) is 2.44. The predicted molar refractivity (Wildman–Crippen MR) is 87.3 cm³/mol. The van der Waals surface area contributed by atoms with E-state index in [1.807, 2.05) is 6.92 Å². The molecule has 1 aromatic rings. The predicted octanol–water partition coefficient (Wildman–Crippen LogP) is 1.92. The molecule has 118 valence electrons. The van der Waals surface area contributed by atoms with Crippen molar-refractivity contribution in [3.63, 3.8) is 0 Å². The third-order valence-corrected chi connectivity index (χ3v) is 4.19. The number of aromatic nitrogens is 2. The molecule has 0 radical (unpaired) electrons. The van der Waals surface area contributed by atoms with Gasteiger partial charge in [-0.1, -0.05) is 6.92 Å². The van der Waals surface area contributed by atoms with E-state index in [1.165, 1.54) is 12.8 Å². The van der Waals surface area contributed by atoms with Gasteiger partial charge < -0.3 is 10.7 Å². The lowest BCUT2D eigenvalue weighted by atomic mass is 10.2. The number of hydrogen-bond acceptors (Lipinski definition) is 6. The van der Waals surface area contributed by atoms with Gasteiger partial charge in [0.05, 0.1) is 0 Å². The minimum absolute atomic E-state index is 0.482. The second kappa shape index (κ2) is 7.04. The number of rotatable bonds is 8. The SMILES string of the molecule is CCCc1nc(NN)c(C)c(NCC(C)N(C)C2CC2)n1. The van der Waals surface area contributed by atoms with Crippen LogP contribution in [-0.2, 0) is 6.42 Å². The van der Waals surface area contributed by atoms with Crippen LogP contribution in [0, 0.1) is 6.92 Å². The molecule has 1 atom stereocenters. The summed E-state index contributed by atoms with van der Waals surface area (Å²) in [5.74, 6) is 7.99. The fourth-order valence-electron chi connectivity index (χ4n) is 2.44. The van der Waals surface area contributed by atoms with Crippen molar-refractivity contribution in [2.24, 2.45) is 5.84 Å². The van der Waals surface area contributed by atoms with E-state index >= 15 is 0 Å². The number of nitrogens with two attached hydrogens (primary N) is 1. The smallest absolute Gasteiger partial charge is 0.148 e. The van der Waals surface area contributed by atoms with Gasteiger partial charge in [-0.2, -0.15) is 0 Å². The second-order valence-corrected chi connectivity index (χ2v) is 5.98. The summed E-state index contributed by atoms with van der Waals surface area (Å²) < 4.78 is 0. The lowest BCUT2D eigenvalue weighted by molar-refractivity contribution is 0.257. The van der Waals surface area contributed by atoms with E-state index in [1.54, 1.807) is 0 Å². The Labute approximate surface area is 127 Å². The van der Waals surface area contributed by atoms with Crippen LogP contribution in [0.1, 0.15) is 44.5 Å². The van der Waals surface area contributed by atoms with Crippen LogP contribution in [0.5, 0.6) is 0 Å². The molecular formula is C15H28N6. The molecule has 1 aliphatic carbocycles. The summed E-state index contributed by atoms with van der Waals surface area (Å²) in [7, 11) is 2.20. The zero-order valence-corrected chi connectivity index (χ0v) is 13.6. The third kappa shape index (κ3) is 4.04. The summed E-state index contributed by atoms with van der Waals surface area (Å²) >= 11 is 0. The monoisotopic (exact) mass is 292 g/mol. The standard InChI is InChI=1S/C15H28N6/c1-5-6-13-18-14(11(3)15(19-13)20-16)17-9-10(2)21(4)12-7-8-12/h10,12H,5-9,16H2,1-4H3,(H2,17,18,19,20). The lowest BCUT2D eigenvalue weighted by Gasteiger charge is -2.25. The van der Waals surface area contributed by atoms with E-state index in [2.05, 4.69) is 46.5 Å². The van der Waals surface area contributed by atoms with Crippen molar-refractivity contribution < 1.29 is 0 Å². The molecule has 6 heteroatoms. The highest BCUT2D eigenvalue weighted by atomic mass is 15.3. The summed E-state index contributed by atoms with van der Waals surface area (Å²) in [5.41, 5.74) is 3.64. The maximum absolute atomic E-state index is 5.56. The number of aryl methyl sites for hydroxylation is 1. The maximum Gasteiger partial charge on any atom is 0.148 e. The average Bonchev–Trinajstić information content (AvgIpc) is 3.31. The van der Waals surface area contributed by atoms with Crippen molar-refractivity contribution in [3.05, 3.63) is 11.4 Å². The van der Waals surface area contributed by atoms with Crippen LogP contribution in [0.3, 0.4) is 0 Å². The minimum atomic E-state index is 0.482. The Morgan fingerprint density at radius 1 is 1.33 bits per heavy atom. The topological polar surface area (TPSA) is 79.1 Å². The molecular weight excluding hydrogens is 264 g/mol. The number of nitrogens with zero attached hydrogens (tertiary/aromatic N) is 3. The Balaban J connectivity index is 2.05. The van der Waals surface area contributed by atoms with Gasteiger partial charge >= 0.3 is 0 Å². The highest BCUT2D eigenvalue weighted by Gasteiger charge is 2.29. The minimum Gasteiger partial charge on any atom is -0.368 e. The fraction of sp³-hybridized carbons (Fsp3) is 0.733. The summed E-state index contributed by atoms with van der Waals surface area (Å²) in [6.07, 6.45) is 4.54. The molecule has 21 heavy (non-hydrogen) atoms. The van der Waals surface area contributed by atoms with E-state index in [0.717, 1.165) is 42.6 Å². The van der Waals surface area contributed by atoms with Crippen molar-refractivity contribution in [3.8, 4) is 0 Å². The summed E-state index contributed by atoms with van der Waals surface area (Å²) in [5, 5.41) is 3.46. The van der Waals surface area contributed by atoms with Crippen LogP contribution in [0.25, 0.3) is 0 Å². The van der Waals surface area contributed by atoms with E-state index in [0.29, 0.717) is 11.9 Å². The molecule has 0 saturated heterocycles. The molecule has 1 saturated carbocycles. The molecule has 1 aromatic heterocycles. The van der Waals surface area contributed by atoms with Crippen LogP contribution in [-0.4, -0.2) is 40.5 Å². The molecule has 4 N–H and O–H groups in total. The van der Waals surface area contributed by atoms with Crippen molar-refractivity contribution in [2.45, 2.75) is 58.5 Å². The molecule has 0 amide bonds. The molecule has 0 bridgehead atoms. The third-order valence-electron chi connectivity index (χ3n) is 4.19. The Morgan fingerprint density at radius 2 is 2.00 bits per heavy atom. The van der Waals surface area contributed by atoms with Crippen LogP contribution >= 0.6 is 0 Å². The van der Waals surface area contributed by atoms with Gasteiger partial charge in [0.15, 0.2) is 0 Å². The van der Waals surface area contributed by atoms with Gasteiger partial charge in [0.1, 0.15) is 17.5 Å². The molecule has 2 rings (SSSR count). The largest absolute Gasteiger partial charge is 0.368 e. The molecule has 1 fully saturated rings. The first-order valence-electron chi connectivity index (χ1n) is 7.86. The highest BCUT2D eigenvalue weighted by molar-refractivity contribution is 5.56. The number of nitrogen functional groups attached to an aromatic ring is 1. The molecule has 6 nitrogen and oxygen atoms in total. The van der Waals surface area contributed by atoms with Crippen LogP contribution in [0.2, 0.25) is 0 Å². The van der Waals surface area contributed by atoms with Crippen molar-refractivity contribution in [1.82, 2.24) is 14.9 Å². The number of nitrogens with one attached hydrogen (secondary N) is 2. The van der Waals surface area contributed by atoms with E-state index in [9.17, 15) is 0 Å². The van der Waals surface area contributed by atoms with Crippen LogP contribution in [0.4, 0.5) is 11.6 Å². The number of anilines is 2. The van der Waals surface area contributed by atoms with Crippen LogP contribution in [0.15, 0.2) is 0 Å². The van der Waals surface area contributed by atoms with Gasteiger partial charge in [0.2, 0.25) is 0 Å². The zero-order valence-electron chi connectivity index (χ0n) is 13.6.